The highest BCUT2D eigenvalue weighted by molar-refractivity contribution is 5.99. The summed E-state index contributed by atoms with van der Waals surface area (Å²) in [7, 11) is 1.35. The van der Waals surface area contributed by atoms with Crippen molar-refractivity contribution in [2.75, 3.05) is 7.11 Å². The number of furan rings is 1. The van der Waals surface area contributed by atoms with Crippen molar-refractivity contribution in [3.05, 3.63) is 72.2 Å². The first kappa shape index (κ1) is 15.7. The van der Waals surface area contributed by atoms with Crippen LogP contribution in [0.4, 0.5) is 0 Å². The lowest BCUT2D eigenvalue weighted by Gasteiger charge is -2.39. The number of nitrogens with one attached hydrogen (secondary N) is 1. The van der Waals surface area contributed by atoms with E-state index < -0.39 is 11.5 Å². The predicted octanol–water partition coefficient (Wildman–Crippen LogP) is 2.91. The highest BCUT2D eigenvalue weighted by Gasteiger charge is 2.63. The monoisotopic (exact) mass is 337 g/mol. The molecule has 1 N–H and O–H groups in total. The molecule has 128 valence electrons. The van der Waals surface area contributed by atoms with E-state index in [1.807, 2.05) is 18.2 Å². The minimum Gasteiger partial charge on any atom is -0.469 e. The number of methoxy groups -OCH3 is 1. The molecule has 2 aromatic rings. The first-order valence-corrected chi connectivity index (χ1v) is 8.34. The number of fused-ring (bicyclic) bond motifs is 2. The summed E-state index contributed by atoms with van der Waals surface area (Å²) in [6.07, 6.45) is 6.49. The third kappa shape index (κ3) is 2.30. The second-order valence-electron chi connectivity index (χ2n) is 6.56. The van der Waals surface area contributed by atoms with E-state index in [4.69, 9.17) is 9.15 Å². The van der Waals surface area contributed by atoms with Crippen LogP contribution in [0.3, 0.4) is 0 Å². The van der Waals surface area contributed by atoms with Crippen LogP contribution in [0.5, 0.6) is 0 Å². The molecule has 5 heteroatoms. The Kier molecular flexibility index (Phi) is 3.71. The van der Waals surface area contributed by atoms with Crippen LogP contribution in [0.2, 0.25) is 0 Å². The van der Waals surface area contributed by atoms with E-state index in [-0.39, 0.29) is 23.7 Å². The number of hydrogen-bond donors (Lipinski definition) is 1. The molecule has 0 radical (unpaired) electrons. The van der Waals surface area contributed by atoms with Gasteiger partial charge in [0, 0.05) is 11.5 Å². The van der Waals surface area contributed by atoms with E-state index >= 15 is 0 Å². The van der Waals surface area contributed by atoms with Gasteiger partial charge < -0.3 is 14.5 Å². The summed E-state index contributed by atoms with van der Waals surface area (Å²) in [4.78, 5) is 25.7. The van der Waals surface area contributed by atoms with Crippen molar-refractivity contribution >= 4 is 11.9 Å². The normalized spacial score (nSPS) is 29.6. The minimum absolute atomic E-state index is 0.118. The highest BCUT2D eigenvalue weighted by Crippen LogP contribution is 2.56. The number of hydrogen-bond acceptors (Lipinski definition) is 4. The van der Waals surface area contributed by atoms with Gasteiger partial charge in [-0.25, -0.2) is 4.79 Å². The van der Waals surface area contributed by atoms with Gasteiger partial charge in [-0.05, 0) is 36.6 Å². The second kappa shape index (κ2) is 5.92. The fourth-order valence-electron chi connectivity index (χ4n) is 4.30. The molecule has 2 unspecified atom stereocenters. The Morgan fingerprint density at radius 2 is 1.96 bits per heavy atom. The molecule has 2 aliphatic rings. The molecule has 2 bridgehead atoms. The summed E-state index contributed by atoms with van der Waals surface area (Å²) in [5.74, 6) is -0.300. The zero-order chi connectivity index (χ0) is 17.4. The number of rotatable bonds is 4. The minimum atomic E-state index is -1.15. The summed E-state index contributed by atoms with van der Waals surface area (Å²) >= 11 is 0. The van der Waals surface area contributed by atoms with Crippen molar-refractivity contribution < 1.29 is 18.7 Å². The van der Waals surface area contributed by atoms with Crippen molar-refractivity contribution in [2.24, 2.45) is 11.8 Å². The number of ether oxygens (including phenoxy) is 1. The van der Waals surface area contributed by atoms with E-state index in [1.165, 1.54) is 7.11 Å². The Morgan fingerprint density at radius 3 is 2.64 bits per heavy atom. The molecule has 5 nitrogen and oxygen atoms in total. The molecule has 1 aromatic heterocycles. The van der Waals surface area contributed by atoms with Crippen LogP contribution in [-0.4, -0.2) is 24.5 Å². The number of amides is 1. The summed E-state index contributed by atoms with van der Waals surface area (Å²) in [6, 6.07) is 12.5. The van der Waals surface area contributed by atoms with Crippen LogP contribution in [0.15, 0.2) is 65.3 Å². The average molecular weight is 337 g/mol. The molecule has 0 saturated heterocycles. The molecule has 2 aliphatic carbocycles. The van der Waals surface area contributed by atoms with Gasteiger partial charge in [-0.2, -0.15) is 0 Å². The number of carbonyl (C=O) groups is 2. The van der Waals surface area contributed by atoms with Crippen LogP contribution in [0.1, 0.15) is 28.5 Å². The molecule has 25 heavy (non-hydrogen) atoms. The fraction of sp³-hybridized carbons (Fsp3) is 0.300. The molecule has 1 saturated carbocycles. The maximum absolute atomic E-state index is 12.9. The van der Waals surface area contributed by atoms with Crippen LogP contribution < -0.4 is 5.32 Å². The van der Waals surface area contributed by atoms with E-state index in [0.717, 1.165) is 6.42 Å². The number of carbonyl (C=O) groups excluding carboxylic acids is 2. The van der Waals surface area contributed by atoms with Gasteiger partial charge in [0.15, 0.2) is 5.54 Å². The van der Waals surface area contributed by atoms with Gasteiger partial charge in [-0.15, -0.1) is 0 Å². The van der Waals surface area contributed by atoms with Gasteiger partial charge in [-0.3, -0.25) is 4.79 Å². The Labute approximate surface area is 145 Å². The van der Waals surface area contributed by atoms with Crippen LogP contribution in [0, 0.1) is 11.8 Å². The lowest BCUT2D eigenvalue weighted by atomic mass is 9.74. The molecule has 0 aliphatic heterocycles. The molecular formula is C20H19NO4. The van der Waals surface area contributed by atoms with E-state index in [2.05, 4.69) is 11.4 Å². The molecule has 4 rings (SSSR count). The zero-order valence-corrected chi connectivity index (χ0v) is 13.8. The smallest absolute Gasteiger partial charge is 0.333 e. The molecule has 1 aromatic carbocycles. The van der Waals surface area contributed by atoms with Crippen LogP contribution >= 0.6 is 0 Å². The van der Waals surface area contributed by atoms with Gasteiger partial charge >= 0.3 is 5.97 Å². The van der Waals surface area contributed by atoms with E-state index in [9.17, 15) is 9.59 Å². The Hall–Kier alpha value is -2.82. The summed E-state index contributed by atoms with van der Waals surface area (Å²) in [6.45, 7) is 0. The molecular weight excluding hydrogens is 318 g/mol. The molecule has 0 spiro atoms. The van der Waals surface area contributed by atoms with Gasteiger partial charge in [0.05, 0.1) is 19.3 Å². The summed E-state index contributed by atoms with van der Waals surface area (Å²) in [5.41, 5.74) is -0.644. The van der Waals surface area contributed by atoms with Crippen LogP contribution in [0.25, 0.3) is 0 Å². The second-order valence-corrected chi connectivity index (χ2v) is 6.56. The first-order valence-electron chi connectivity index (χ1n) is 8.34. The van der Waals surface area contributed by atoms with Crippen molar-refractivity contribution in [3.63, 3.8) is 0 Å². The molecule has 1 fully saturated rings. The molecule has 1 amide bonds. The SMILES string of the molecule is COC(=O)[C@@]1(NC(=O)c2ccccc2)C2C=CC(C2)[C@@H]1c1ccco1. The maximum Gasteiger partial charge on any atom is 0.333 e. The zero-order valence-electron chi connectivity index (χ0n) is 13.8. The van der Waals surface area contributed by atoms with Gasteiger partial charge in [0.25, 0.3) is 5.91 Å². The maximum atomic E-state index is 12.9. The predicted molar refractivity (Wildman–Crippen MR) is 90.8 cm³/mol. The Balaban J connectivity index is 1.78. The lowest BCUT2D eigenvalue weighted by molar-refractivity contribution is -0.150. The van der Waals surface area contributed by atoms with Crippen LogP contribution in [-0.2, 0) is 9.53 Å². The number of benzene rings is 1. The summed E-state index contributed by atoms with van der Waals surface area (Å²) < 4.78 is 10.7. The topological polar surface area (TPSA) is 68.5 Å². The first-order chi connectivity index (χ1) is 12.2. The lowest BCUT2D eigenvalue weighted by Crippen LogP contribution is -2.61. The number of allylic oxidation sites excluding steroid dienone is 1. The summed E-state index contributed by atoms with van der Waals surface area (Å²) in [5, 5.41) is 3.00. The third-order valence-corrected chi connectivity index (χ3v) is 5.35. The van der Waals surface area contributed by atoms with Gasteiger partial charge in [0.2, 0.25) is 0 Å². The molecule has 1 heterocycles. The van der Waals surface area contributed by atoms with Crippen molar-refractivity contribution in [1.82, 2.24) is 5.32 Å². The van der Waals surface area contributed by atoms with Gasteiger partial charge in [-0.1, -0.05) is 30.4 Å². The highest BCUT2D eigenvalue weighted by atomic mass is 16.5. The van der Waals surface area contributed by atoms with Crippen molar-refractivity contribution in [3.8, 4) is 0 Å². The van der Waals surface area contributed by atoms with Gasteiger partial charge in [0.1, 0.15) is 5.76 Å². The average Bonchev–Trinajstić information content (AvgIpc) is 3.38. The number of esters is 1. The fourth-order valence-corrected chi connectivity index (χ4v) is 4.30. The Bertz CT molecular complexity index is 811. The molecule has 4 atom stereocenters. The largest absolute Gasteiger partial charge is 0.469 e. The van der Waals surface area contributed by atoms with Crippen molar-refractivity contribution in [2.45, 2.75) is 17.9 Å². The standard InChI is InChI=1S/C20H19NO4/c1-24-19(23)20(21-18(22)13-6-3-2-4-7-13)15-10-9-14(12-15)17(20)16-8-5-11-25-16/h2-11,14-15,17H,12H2,1H3,(H,21,22)/t14?,15?,17-,20-/m1/s1. The van der Waals surface area contributed by atoms with E-state index in [0.29, 0.717) is 11.3 Å². The van der Waals surface area contributed by atoms with E-state index in [1.54, 1.807) is 36.6 Å². The van der Waals surface area contributed by atoms with Crippen molar-refractivity contribution in [1.29, 1.82) is 0 Å². The quantitative estimate of drug-likeness (QED) is 0.688. The third-order valence-electron chi connectivity index (χ3n) is 5.35. The Morgan fingerprint density at radius 1 is 1.16 bits per heavy atom.